The Morgan fingerprint density at radius 3 is 2.75 bits per heavy atom. The Hall–Kier alpha value is -1.38. The van der Waals surface area contributed by atoms with Crippen LogP contribution in [0.3, 0.4) is 0 Å². The summed E-state index contributed by atoms with van der Waals surface area (Å²) in [6.45, 7) is 7.14. The van der Waals surface area contributed by atoms with Gasteiger partial charge in [0.05, 0.1) is 12.3 Å². The van der Waals surface area contributed by atoms with Crippen molar-refractivity contribution in [2.75, 3.05) is 17.7 Å². The maximum absolute atomic E-state index is 5.82. The molecule has 0 spiro atoms. The highest BCUT2D eigenvalue weighted by molar-refractivity contribution is 5.62. The van der Waals surface area contributed by atoms with Crippen LogP contribution in [-0.4, -0.2) is 12.6 Å². The van der Waals surface area contributed by atoms with Crippen LogP contribution in [0.2, 0.25) is 0 Å². The molecular weight excluding hydrogens is 200 g/mol. The standard InChI is InChI=1S/C13H20N2O/c1-4-16-11-7-9(5-6-10(11)14)15-12-8-13(12,2)3/h5-7,12,15H,4,8,14H2,1-3H3. The lowest BCUT2D eigenvalue weighted by Crippen LogP contribution is -2.08. The zero-order valence-electron chi connectivity index (χ0n) is 10.2. The van der Waals surface area contributed by atoms with Gasteiger partial charge in [-0.25, -0.2) is 0 Å². The molecule has 0 aromatic heterocycles. The Morgan fingerprint density at radius 1 is 1.50 bits per heavy atom. The summed E-state index contributed by atoms with van der Waals surface area (Å²) in [7, 11) is 0. The van der Waals surface area contributed by atoms with E-state index in [4.69, 9.17) is 10.5 Å². The first-order chi connectivity index (χ1) is 7.53. The molecule has 3 N–H and O–H groups in total. The van der Waals surface area contributed by atoms with E-state index < -0.39 is 0 Å². The molecule has 3 heteroatoms. The Labute approximate surface area is 97.0 Å². The van der Waals surface area contributed by atoms with Crippen LogP contribution < -0.4 is 15.8 Å². The third-order valence-electron chi connectivity index (χ3n) is 3.17. The molecule has 1 aliphatic carbocycles. The molecule has 0 saturated heterocycles. The van der Waals surface area contributed by atoms with Crippen molar-refractivity contribution in [3.63, 3.8) is 0 Å². The molecule has 1 saturated carbocycles. The quantitative estimate of drug-likeness (QED) is 0.767. The van der Waals surface area contributed by atoms with Crippen LogP contribution in [0.5, 0.6) is 5.75 Å². The molecule has 1 atom stereocenters. The van der Waals surface area contributed by atoms with Crippen LogP contribution in [0.4, 0.5) is 11.4 Å². The van der Waals surface area contributed by atoms with Crippen LogP contribution >= 0.6 is 0 Å². The zero-order valence-corrected chi connectivity index (χ0v) is 10.2. The van der Waals surface area contributed by atoms with E-state index in [2.05, 4.69) is 19.2 Å². The van der Waals surface area contributed by atoms with Crippen molar-refractivity contribution < 1.29 is 4.74 Å². The van der Waals surface area contributed by atoms with E-state index in [1.165, 1.54) is 6.42 Å². The molecule has 3 nitrogen and oxygen atoms in total. The normalized spacial score (nSPS) is 21.6. The number of anilines is 2. The van der Waals surface area contributed by atoms with Crippen molar-refractivity contribution in [1.82, 2.24) is 0 Å². The van der Waals surface area contributed by atoms with Crippen LogP contribution in [0.25, 0.3) is 0 Å². The van der Waals surface area contributed by atoms with Crippen molar-refractivity contribution in [3.8, 4) is 5.75 Å². The number of hydrogen-bond acceptors (Lipinski definition) is 3. The summed E-state index contributed by atoms with van der Waals surface area (Å²) in [6, 6.07) is 6.45. The van der Waals surface area contributed by atoms with Gasteiger partial charge in [-0.2, -0.15) is 0 Å². The average Bonchev–Trinajstić information content (AvgIpc) is 2.80. The van der Waals surface area contributed by atoms with Crippen LogP contribution in [-0.2, 0) is 0 Å². The smallest absolute Gasteiger partial charge is 0.144 e. The second kappa shape index (κ2) is 3.89. The molecular formula is C13H20N2O. The van der Waals surface area contributed by atoms with Gasteiger partial charge in [0.1, 0.15) is 5.75 Å². The molecule has 0 bridgehead atoms. The lowest BCUT2D eigenvalue weighted by molar-refractivity contribution is 0.342. The third-order valence-corrected chi connectivity index (χ3v) is 3.17. The lowest BCUT2D eigenvalue weighted by atomic mass is 10.2. The van der Waals surface area contributed by atoms with Gasteiger partial charge >= 0.3 is 0 Å². The first kappa shape index (κ1) is 11.1. The van der Waals surface area contributed by atoms with Gasteiger partial charge in [0, 0.05) is 17.8 Å². The summed E-state index contributed by atoms with van der Waals surface area (Å²) in [5.41, 5.74) is 8.03. The van der Waals surface area contributed by atoms with E-state index >= 15 is 0 Å². The second-order valence-corrected chi connectivity index (χ2v) is 5.08. The number of hydrogen-bond donors (Lipinski definition) is 2. The maximum atomic E-state index is 5.82. The van der Waals surface area contributed by atoms with Crippen molar-refractivity contribution in [3.05, 3.63) is 18.2 Å². The van der Waals surface area contributed by atoms with Gasteiger partial charge in [0.15, 0.2) is 0 Å². The largest absolute Gasteiger partial charge is 0.492 e. The molecule has 0 aliphatic heterocycles. The van der Waals surface area contributed by atoms with Crippen molar-refractivity contribution in [1.29, 1.82) is 0 Å². The fraction of sp³-hybridized carbons (Fsp3) is 0.538. The predicted octanol–water partition coefficient (Wildman–Crippen LogP) is 2.88. The van der Waals surface area contributed by atoms with Gasteiger partial charge in [-0.15, -0.1) is 0 Å². The summed E-state index contributed by atoms with van der Waals surface area (Å²) in [5.74, 6) is 0.769. The Bertz CT molecular complexity index is 388. The Kier molecular flexibility index (Phi) is 2.70. The number of nitrogens with two attached hydrogens (primary N) is 1. The minimum Gasteiger partial charge on any atom is -0.492 e. The molecule has 1 unspecified atom stereocenters. The molecule has 0 amide bonds. The molecule has 1 aliphatic rings. The highest BCUT2D eigenvalue weighted by Crippen LogP contribution is 2.46. The van der Waals surface area contributed by atoms with Crippen molar-refractivity contribution in [2.45, 2.75) is 33.2 Å². The average molecular weight is 220 g/mol. The topological polar surface area (TPSA) is 47.3 Å². The highest BCUT2D eigenvalue weighted by atomic mass is 16.5. The minimum absolute atomic E-state index is 0.424. The van der Waals surface area contributed by atoms with E-state index in [1.807, 2.05) is 25.1 Å². The Balaban J connectivity index is 2.07. The number of ether oxygens (including phenoxy) is 1. The molecule has 2 rings (SSSR count). The number of benzene rings is 1. The molecule has 0 radical (unpaired) electrons. The number of nitrogens with one attached hydrogen (secondary N) is 1. The van der Waals surface area contributed by atoms with Gasteiger partial charge in [0.2, 0.25) is 0 Å². The van der Waals surface area contributed by atoms with E-state index in [-0.39, 0.29) is 0 Å². The minimum atomic E-state index is 0.424. The van der Waals surface area contributed by atoms with Gasteiger partial charge in [-0.05, 0) is 30.9 Å². The molecule has 16 heavy (non-hydrogen) atoms. The lowest BCUT2D eigenvalue weighted by Gasteiger charge is -2.12. The monoisotopic (exact) mass is 220 g/mol. The number of nitrogen functional groups attached to an aromatic ring is 1. The fourth-order valence-corrected chi connectivity index (χ4v) is 1.82. The summed E-state index contributed by atoms with van der Waals surface area (Å²) in [6.07, 6.45) is 1.22. The van der Waals surface area contributed by atoms with Gasteiger partial charge in [0.25, 0.3) is 0 Å². The molecule has 0 heterocycles. The maximum Gasteiger partial charge on any atom is 0.144 e. The van der Waals surface area contributed by atoms with Crippen LogP contribution in [0.15, 0.2) is 18.2 Å². The van der Waals surface area contributed by atoms with Crippen LogP contribution in [0, 0.1) is 5.41 Å². The predicted molar refractivity (Wildman–Crippen MR) is 67.8 cm³/mol. The van der Waals surface area contributed by atoms with E-state index in [9.17, 15) is 0 Å². The summed E-state index contributed by atoms with van der Waals surface area (Å²) in [4.78, 5) is 0. The molecule has 1 aromatic carbocycles. The van der Waals surface area contributed by atoms with Crippen molar-refractivity contribution in [2.24, 2.45) is 5.41 Å². The van der Waals surface area contributed by atoms with Gasteiger partial charge in [-0.1, -0.05) is 13.8 Å². The van der Waals surface area contributed by atoms with E-state index in [1.54, 1.807) is 0 Å². The first-order valence-corrected chi connectivity index (χ1v) is 5.82. The van der Waals surface area contributed by atoms with Gasteiger partial charge in [-0.3, -0.25) is 0 Å². The zero-order chi connectivity index (χ0) is 11.8. The SMILES string of the molecule is CCOc1cc(NC2CC2(C)C)ccc1N. The number of rotatable bonds is 4. The Morgan fingerprint density at radius 2 is 2.19 bits per heavy atom. The highest BCUT2D eigenvalue weighted by Gasteiger charge is 2.45. The molecule has 1 aromatic rings. The van der Waals surface area contributed by atoms with Crippen molar-refractivity contribution >= 4 is 11.4 Å². The summed E-state index contributed by atoms with van der Waals surface area (Å²) >= 11 is 0. The van der Waals surface area contributed by atoms with E-state index in [0.29, 0.717) is 23.8 Å². The second-order valence-electron chi connectivity index (χ2n) is 5.08. The summed E-state index contributed by atoms with van der Waals surface area (Å²) in [5, 5.41) is 3.50. The third kappa shape index (κ3) is 2.23. The molecule has 1 fully saturated rings. The first-order valence-electron chi connectivity index (χ1n) is 5.82. The molecule has 88 valence electrons. The van der Waals surface area contributed by atoms with E-state index in [0.717, 1.165) is 11.4 Å². The fourth-order valence-electron chi connectivity index (χ4n) is 1.82. The van der Waals surface area contributed by atoms with Crippen LogP contribution in [0.1, 0.15) is 27.2 Å². The summed E-state index contributed by atoms with van der Waals surface area (Å²) < 4.78 is 5.47. The van der Waals surface area contributed by atoms with Gasteiger partial charge < -0.3 is 15.8 Å².